The fraction of sp³-hybridized carbons (Fsp3) is 1.00. The van der Waals surface area contributed by atoms with Crippen molar-refractivity contribution in [2.75, 3.05) is 18.5 Å². The van der Waals surface area contributed by atoms with E-state index in [1.165, 1.54) is 32.1 Å². The van der Waals surface area contributed by atoms with Crippen LogP contribution in [-0.4, -0.2) is 27.8 Å². The third kappa shape index (κ3) is 9.53. The van der Waals surface area contributed by atoms with Crippen molar-refractivity contribution in [3.05, 3.63) is 0 Å². The Morgan fingerprint density at radius 3 is 1.89 bits per heavy atom. The van der Waals surface area contributed by atoms with Crippen LogP contribution >= 0.6 is 15.9 Å². The van der Waals surface area contributed by atoms with Gasteiger partial charge in [0.1, 0.15) is 0 Å². The summed E-state index contributed by atoms with van der Waals surface area (Å²) in [6.45, 7) is 8.47. The highest BCUT2D eigenvalue weighted by molar-refractivity contribution is 9.09. The lowest BCUT2D eigenvalue weighted by atomic mass is 10.2. The number of rotatable bonds is 13. The minimum atomic E-state index is -1.46. The van der Waals surface area contributed by atoms with E-state index in [9.17, 15) is 0 Å². The third-order valence-electron chi connectivity index (χ3n) is 3.18. The molecule has 1 unspecified atom stereocenters. The van der Waals surface area contributed by atoms with Crippen molar-refractivity contribution in [2.45, 2.75) is 71.3 Å². The minimum absolute atomic E-state index is 0.677. The Kier molecular flexibility index (Phi) is 14.5. The van der Waals surface area contributed by atoms with Crippen LogP contribution in [0.15, 0.2) is 0 Å². The van der Waals surface area contributed by atoms with Crippen molar-refractivity contribution >= 4 is 25.2 Å². The quantitative estimate of drug-likeness (QED) is 0.273. The van der Waals surface area contributed by atoms with Crippen molar-refractivity contribution in [3.8, 4) is 0 Å². The van der Waals surface area contributed by atoms with Crippen LogP contribution in [0.25, 0.3) is 0 Å². The van der Waals surface area contributed by atoms with Gasteiger partial charge in [0.25, 0.3) is 0 Å². The SMILES string of the molecule is CCCCO[SiH](OCCCC)C(CC)CCCBr. The van der Waals surface area contributed by atoms with Gasteiger partial charge in [-0.2, -0.15) is 0 Å². The van der Waals surface area contributed by atoms with Crippen LogP contribution in [0.2, 0.25) is 5.54 Å². The summed E-state index contributed by atoms with van der Waals surface area (Å²) in [5.41, 5.74) is 0.677. The molecule has 0 amide bonds. The number of alkyl halides is 1. The Balaban J connectivity index is 4.11. The second kappa shape index (κ2) is 14.0. The predicted molar refractivity (Wildman–Crippen MR) is 85.9 cm³/mol. The monoisotopic (exact) mass is 338 g/mol. The summed E-state index contributed by atoms with van der Waals surface area (Å²) in [7, 11) is -1.46. The van der Waals surface area contributed by atoms with Crippen molar-refractivity contribution in [2.24, 2.45) is 0 Å². The van der Waals surface area contributed by atoms with E-state index in [4.69, 9.17) is 8.85 Å². The maximum Gasteiger partial charge on any atom is 0.324 e. The van der Waals surface area contributed by atoms with Gasteiger partial charge in [-0.1, -0.05) is 56.0 Å². The average Bonchev–Trinajstić information content (AvgIpc) is 2.39. The number of hydrogen-bond donors (Lipinski definition) is 0. The second-order valence-corrected chi connectivity index (χ2v) is 7.96. The smallest absolute Gasteiger partial charge is 0.324 e. The normalized spacial score (nSPS) is 13.2. The van der Waals surface area contributed by atoms with Gasteiger partial charge in [0, 0.05) is 18.5 Å². The first kappa shape index (κ1) is 18.6. The van der Waals surface area contributed by atoms with E-state index in [0.29, 0.717) is 5.54 Å². The molecule has 0 radical (unpaired) electrons. The Morgan fingerprint density at radius 1 is 0.944 bits per heavy atom. The molecule has 0 saturated heterocycles. The van der Waals surface area contributed by atoms with Gasteiger partial charge in [-0.15, -0.1) is 0 Å². The van der Waals surface area contributed by atoms with E-state index >= 15 is 0 Å². The first-order chi connectivity index (χ1) is 8.79. The summed E-state index contributed by atoms with van der Waals surface area (Å²) in [4.78, 5) is 0. The molecule has 0 heterocycles. The summed E-state index contributed by atoms with van der Waals surface area (Å²) >= 11 is 3.52. The standard InChI is InChI=1S/C14H31BrO2Si/c1-4-7-12-16-18(17-13-8-5-2)14(6-3)10-9-11-15/h14,18H,4-13H2,1-3H3. The van der Waals surface area contributed by atoms with Gasteiger partial charge in [-0.3, -0.25) is 0 Å². The topological polar surface area (TPSA) is 18.5 Å². The lowest BCUT2D eigenvalue weighted by Gasteiger charge is -2.24. The molecular formula is C14H31BrO2Si. The molecule has 18 heavy (non-hydrogen) atoms. The third-order valence-corrected chi connectivity index (χ3v) is 6.44. The van der Waals surface area contributed by atoms with E-state index in [0.717, 1.165) is 31.4 Å². The van der Waals surface area contributed by atoms with Crippen molar-refractivity contribution in [1.82, 2.24) is 0 Å². The van der Waals surface area contributed by atoms with Crippen LogP contribution in [0.4, 0.5) is 0 Å². The van der Waals surface area contributed by atoms with Gasteiger partial charge < -0.3 is 8.85 Å². The molecule has 0 aromatic heterocycles. The van der Waals surface area contributed by atoms with Crippen LogP contribution < -0.4 is 0 Å². The van der Waals surface area contributed by atoms with Gasteiger partial charge >= 0.3 is 9.28 Å². The molecule has 0 aromatic rings. The molecule has 0 aliphatic carbocycles. The van der Waals surface area contributed by atoms with E-state index < -0.39 is 9.28 Å². The zero-order valence-electron chi connectivity index (χ0n) is 12.4. The molecule has 2 nitrogen and oxygen atoms in total. The van der Waals surface area contributed by atoms with Gasteiger partial charge in [0.05, 0.1) is 0 Å². The predicted octanol–water partition coefficient (Wildman–Crippen LogP) is 4.80. The maximum atomic E-state index is 6.08. The zero-order valence-corrected chi connectivity index (χ0v) is 15.2. The minimum Gasteiger partial charge on any atom is -0.396 e. The molecule has 1 atom stereocenters. The Morgan fingerprint density at radius 2 is 1.50 bits per heavy atom. The van der Waals surface area contributed by atoms with E-state index in [1.807, 2.05) is 0 Å². The molecule has 0 aromatic carbocycles. The van der Waals surface area contributed by atoms with Crippen LogP contribution in [0, 0.1) is 0 Å². The van der Waals surface area contributed by atoms with Crippen molar-refractivity contribution < 1.29 is 8.85 Å². The number of unbranched alkanes of at least 4 members (excludes halogenated alkanes) is 2. The molecule has 0 fully saturated rings. The summed E-state index contributed by atoms with van der Waals surface area (Å²) in [6, 6.07) is 0. The van der Waals surface area contributed by atoms with Crippen molar-refractivity contribution in [3.63, 3.8) is 0 Å². The first-order valence-corrected chi connectivity index (χ1v) is 10.3. The molecular weight excluding hydrogens is 308 g/mol. The largest absolute Gasteiger partial charge is 0.396 e. The molecule has 110 valence electrons. The van der Waals surface area contributed by atoms with Crippen molar-refractivity contribution in [1.29, 1.82) is 0 Å². The lowest BCUT2D eigenvalue weighted by Crippen LogP contribution is -2.30. The number of halogens is 1. The molecule has 0 saturated carbocycles. The first-order valence-electron chi connectivity index (χ1n) is 7.59. The Bertz CT molecular complexity index is 160. The second-order valence-electron chi connectivity index (χ2n) is 4.82. The van der Waals surface area contributed by atoms with Gasteiger partial charge in [-0.25, -0.2) is 0 Å². The molecule has 0 rings (SSSR count). The highest BCUT2D eigenvalue weighted by Crippen LogP contribution is 2.24. The van der Waals surface area contributed by atoms with Crippen LogP contribution in [-0.2, 0) is 8.85 Å². The number of hydrogen-bond acceptors (Lipinski definition) is 2. The fourth-order valence-electron chi connectivity index (χ4n) is 1.88. The molecule has 0 N–H and O–H groups in total. The van der Waals surface area contributed by atoms with E-state index in [1.54, 1.807) is 0 Å². The molecule has 0 aliphatic heterocycles. The zero-order chi connectivity index (χ0) is 13.6. The van der Waals surface area contributed by atoms with Gasteiger partial charge in [-0.05, 0) is 31.2 Å². The lowest BCUT2D eigenvalue weighted by molar-refractivity contribution is 0.180. The summed E-state index contributed by atoms with van der Waals surface area (Å²) in [5.74, 6) is 0. The Labute approximate surface area is 124 Å². The molecule has 0 aliphatic rings. The van der Waals surface area contributed by atoms with Gasteiger partial charge in [0.15, 0.2) is 0 Å². The average molecular weight is 339 g/mol. The maximum absolute atomic E-state index is 6.08. The van der Waals surface area contributed by atoms with Gasteiger partial charge in [0.2, 0.25) is 0 Å². The van der Waals surface area contributed by atoms with Crippen LogP contribution in [0.3, 0.4) is 0 Å². The molecule has 0 bridgehead atoms. The Hall–Kier alpha value is 0.617. The molecule has 4 heteroatoms. The highest BCUT2D eigenvalue weighted by atomic mass is 79.9. The van der Waals surface area contributed by atoms with E-state index in [-0.39, 0.29) is 0 Å². The summed E-state index contributed by atoms with van der Waals surface area (Å²) in [5, 5.41) is 1.09. The summed E-state index contributed by atoms with van der Waals surface area (Å²) in [6.07, 6.45) is 8.41. The van der Waals surface area contributed by atoms with Crippen LogP contribution in [0.5, 0.6) is 0 Å². The molecule has 0 spiro atoms. The summed E-state index contributed by atoms with van der Waals surface area (Å²) < 4.78 is 12.2. The van der Waals surface area contributed by atoms with Crippen LogP contribution in [0.1, 0.15) is 65.7 Å². The fourth-order valence-corrected chi connectivity index (χ4v) is 4.53. The highest BCUT2D eigenvalue weighted by Gasteiger charge is 2.24. The van der Waals surface area contributed by atoms with E-state index in [2.05, 4.69) is 36.7 Å².